The Hall–Kier alpha value is -3.36. The monoisotopic (exact) mass is 361 g/mol. The van der Waals surface area contributed by atoms with E-state index in [0.717, 1.165) is 15.3 Å². The molecule has 0 aliphatic carbocycles. The number of thiophene rings is 1. The van der Waals surface area contributed by atoms with Crippen LogP contribution in [0.25, 0.3) is 16.5 Å². The average molecular weight is 361 g/mol. The SMILES string of the molecule is COc1cc(C#N)ccc1OC(=O)C=Cc1ccc(-c2ccccc2)s1. The molecule has 0 radical (unpaired) electrons. The van der Waals surface area contributed by atoms with Crippen LogP contribution in [0.2, 0.25) is 0 Å². The van der Waals surface area contributed by atoms with Gasteiger partial charge in [-0.3, -0.25) is 0 Å². The summed E-state index contributed by atoms with van der Waals surface area (Å²) in [6, 6.07) is 20.7. The molecule has 5 heteroatoms. The standard InChI is InChI=1S/C21H15NO3S/c1-24-19-13-15(14-22)7-10-18(19)25-21(23)12-9-17-8-11-20(26-17)16-5-3-2-4-6-16/h2-13H,1H3. The highest BCUT2D eigenvalue weighted by molar-refractivity contribution is 7.16. The van der Waals surface area contributed by atoms with E-state index < -0.39 is 5.97 Å². The lowest BCUT2D eigenvalue weighted by Gasteiger charge is -2.07. The summed E-state index contributed by atoms with van der Waals surface area (Å²) in [7, 11) is 1.46. The van der Waals surface area contributed by atoms with Gasteiger partial charge in [-0.15, -0.1) is 11.3 Å². The van der Waals surface area contributed by atoms with Crippen molar-refractivity contribution in [3.05, 3.63) is 77.2 Å². The highest BCUT2D eigenvalue weighted by atomic mass is 32.1. The van der Waals surface area contributed by atoms with Gasteiger partial charge in [0.05, 0.1) is 18.7 Å². The first kappa shape index (κ1) is 17.5. The molecular weight excluding hydrogens is 346 g/mol. The molecule has 0 fully saturated rings. The predicted molar refractivity (Wildman–Crippen MR) is 102 cm³/mol. The lowest BCUT2D eigenvalue weighted by Crippen LogP contribution is -2.05. The Labute approximate surface area is 155 Å². The van der Waals surface area contributed by atoms with Gasteiger partial charge in [0.2, 0.25) is 0 Å². The third-order valence-electron chi connectivity index (χ3n) is 3.57. The summed E-state index contributed by atoms with van der Waals surface area (Å²) in [5.74, 6) is 0.105. The highest BCUT2D eigenvalue weighted by Gasteiger charge is 2.09. The molecule has 0 spiro atoms. The summed E-state index contributed by atoms with van der Waals surface area (Å²) in [5.41, 5.74) is 1.58. The van der Waals surface area contributed by atoms with Gasteiger partial charge in [0, 0.05) is 21.9 Å². The Balaban J connectivity index is 1.69. The van der Waals surface area contributed by atoms with E-state index in [4.69, 9.17) is 14.7 Å². The van der Waals surface area contributed by atoms with Crippen molar-refractivity contribution < 1.29 is 14.3 Å². The largest absolute Gasteiger partial charge is 0.493 e. The fourth-order valence-electron chi connectivity index (χ4n) is 2.31. The van der Waals surface area contributed by atoms with E-state index in [1.165, 1.54) is 19.3 Å². The molecule has 0 saturated carbocycles. The molecule has 26 heavy (non-hydrogen) atoms. The van der Waals surface area contributed by atoms with Gasteiger partial charge < -0.3 is 9.47 Å². The highest BCUT2D eigenvalue weighted by Crippen LogP contribution is 2.29. The summed E-state index contributed by atoms with van der Waals surface area (Å²) < 4.78 is 10.4. The lowest BCUT2D eigenvalue weighted by atomic mass is 10.2. The first-order valence-electron chi connectivity index (χ1n) is 7.83. The molecule has 0 bridgehead atoms. The zero-order valence-electron chi connectivity index (χ0n) is 14.0. The van der Waals surface area contributed by atoms with Crippen molar-refractivity contribution in [3.63, 3.8) is 0 Å². The number of methoxy groups -OCH3 is 1. The molecule has 0 aliphatic rings. The number of hydrogen-bond acceptors (Lipinski definition) is 5. The van der Waals surface area contributed by atoms with Crippen molar-refractivity contribution in [2.24, 2.45) is 0 Å². The van der Waals surface area contributed by atoms with Gasteiger partial charge in [-0.25, -0.2) is 4.79 Å². The van der Waals surface area contributed by atoms with Crippen LogP contribution in [-0.4, -0.2) is 13.1 Å². The normalized spacial score (nSPS) is 10.5. The molecule has 0 atom stereocenters. The number of ether oxygens (including phenoxy) is 2. The molecule has 3 aromatic rings. The Morgan fingerprint density at radius 1 is 1.08 bits per heavy atom. The minimum atomic E-state index is -0.511. The van der Waals surface area contributed by atoms with Crippen molar-refractivity contribution >= 4 is 23.4 Å². The smallest absolute Gasteiger partial charge is 0.336 e. The summed E-state index contributed by atoms with van der Waals surface area (Å²) >= 11 is 1.59. The Morgan fingerprint density at radius 3 is 2.62 bits per heavy atom. The summed E-state index contributed by atoms with van der Waals surface area (Å²) in [6.45, 7) is 0. The first-order valence-corrected chi connectivity index (χ1v) is 8.64. The lowest BCUT2D eigenvalue weighted by molar-refractivity contribution is -0.129. The molecule has 2 aromatic carbocycles. The second kappa shape index (κ2) is 8.15. The van der Waals surface area contributed by atoms with Crippen molar-refractivity contribution in [1.29, 1.82) is 5.26 Å². The summed E-state index contributed by atoms with van der Waals surface area (Å²) in [4.78, 5) is 14.1. The van der Waals surface area contributed by atoms with Crippen LogP contribution < -0.4 is 9.47 Å². The minimum Gasteiger partial charge on any atom is -0.493 e. The molecule has 0 N–H and O–H groups in total. The number of carbonyl (C=O) groups is 1. The van der Waals surface area contributed by atoms with Crippen molar-refractivity contribution in [2.45, 2.75) is 0 Å². The van der Waals surface area contributed by atoms with Crippen molar-refractivity contribution in [3.8, 4) is 28.0 Å². The molecular formula is C21H15NO3S. The molecule has 0 unspecified atom stereocenters. The summed E-state index contributed by atoms with van der Waals surface area (Å²) in [6.07, 6.45) is 3.09. The zero-order chi connectivity index (χ0) is 18.4. The van der Waals surface area contributed by atoms with Gasteiger partial charge in [0.15, 0.2) is 11.5 Å². The van der Waals surface area contributed by atoms with Gasteiger partial charge in [-0.2, -0.15) is 5.26 Å². The second-order valence-corrected chi connectivity index (χ2v) is 6.42. The molecule has 128 valence electrons. The van der Waals surface area contributed by atoms with Gasteiger partial charge in [0.25, 0.3) is 0 Å². The number of hydrogen-bond donors (Lipinski definition) is 0. The summed E-state index contributed by atoms with van der Waals surface area (Å²) in [5, 5.41) is 8.90. The minimum absolute atomic E-state index is 0.275. The molecule has 1 heterocycles. The van der Waals surface area contributed by atoms with Crippen LogP contribution in [-0.2, 0) is 4.79 Å². The van der Waals surface area contributed by atoms with E-state index in [1.807, 2.05) is 48.5 Å². The quantitative estimate of drug-likeness (QED) is 0.368. The van der Waals surface area contributed by atoms with E-state index in [1.54, 1.807) is 29.5 Å². The van der Waals surface area contributed by atoms with Crippen molar-refractivity contribution in [2.75, 3.05) is 7.11 Å². The van der Waals surface area contributed by atoms with Crippen LogP contribution in [0.15, 0.2) is 66.7 Å². The molecule has 4 nitrogen and oxygen atoms in total. The van der Waals surface area contributed by atoms with Gasteiger partial charge in [0.1, 0.15) is 0 Å². The zero-order valence-corrected chi connectivity index (χ0v) is 14.8. The fraction of sp³-hybridized carbons (Fsp3) is 0.0476. The maximum Gasteiger partial charge on any atom is 0.336 e. The van der Waals surface area contributed by atoms with Crippen LogP contribution in [0.5, 0.6) is 11.5 Å². The third-order valence-corrected chi connectivity index (χ3v) is 4.67. The van der Waals surface area contributed by atoms with Crippen LogP contribution in [0.4, 0.5) is 0 Å². The van der Waals surface area contributed by atoms with Crippen LogP contribution in [0.3, 0.4) is 0 Å². The van der Waals surface area contributed by atoms with Crippen LogP contribution in [0, 0.1) is 11.3 Å². The predicted octanol–water partition coefficient (Wildman–Crippen LogP) is 4.91. The maximum absolute atomic E-state index is 12.1. The Kier molecular flexibility index (Phi) is 5.47. The molecule has 1 aromatic heterocycles. The number of nitriles is 1. The fourth-order valence-corrected chi connectivity index (χ4v) is 3.23. The Morgan fingerprint density at radius 2 is 1.88 bits per heavy atom. The van der Waals surface area contributed by atoms with E-state index in [-0.39, 0.29) is 5.75 Å². The topological polar surface area (TPSA) is 59.3 Å². The third kappa shape index (κ3) is 4.18. The van der Waals surface area contributed by atoms with E-state index in [9.17, 15) is 4.79 Å². The Bertz CT molecular complexity index is 984. The number of rotatable bonds is 5. The second-order valence-electron chi connectivity index (χ2n) is 5.30. The van der Waals surface area contributed by atoms with Crippen molar-refractivity contribution in [1.82, 2.24) is 0 Å². The molecule has 3 rings (SSSR count). The van der Waals surface area contributed by atoms with Gasteiger partial charge in [-0.05, 0) is 35.9 Å². The molecule has 0 aliphatic heterocycles. The van der Waals surface area contributed by atoms with E-state index in [2.05, 4.69) is 0 Å². The van der Waals surface area contributed by atoms with E-state index in [0.29, 0.717) is 11.3 Å². The van der Waals surface area contributed by atoms with E-state index >= 15 is 0 Å². The number of esters is 1. The van der Waals surface area contributed by atoms with Gasteiger partial charge in [-0.1, -0.05) is 30.3 Å². The average Bonchev–Trinajstić information content (AvgIpc) is 3.16. The number of carbonyl (C=O) groups excluding carboxylic acids is 1. The molecule has 0 amide bonds. The van der Waals surface area contributed by atoms with Crippen LogP contribution >= 0.6 is 11.3 Å². The maximum atomic E-state index is 12.1. The first-order chi connectivity index (χ1) is 12.7. The number of nitrogens with zero attached hydrogens (tertiary/aromatic N) is 1. The number of benzene rings is 2. The van der Waals surface area contributed by atoms with Gasteiger partial charge >= 0.3 is 5.97 Å². The van der Waals surface area contributed by atoms with Crippen LogP contribution in [0.1, 0.15) is 10.4 Å². The molecule has 0 saturated heterocycles.